The molecule has 1 heterocycles. The maximum Gasteiger partial charge on any atom is 0.328 e. The van der Waals surface area contributed by atoms with Crippen LogP contribution in [-0.2, 0) is 22.4 Å². The lowest BCUT2D eigenvalue weighted by Crippen LogP contribution is -2.33. The van der Waals surface area contributed by atoms with Crippen molar-refractivity contribution in [1.82, 2.24) is 9.55 Å². The molecule has 1 aromatic heterocycles. The Bertz CT molecular complexity index is 486. The van der Waals surface area contributed by atoms with E-state index in [1.807, 2.05) is 20.8 Å². The van der Waals surface area contributed by atoms with E-state index in [9.17, 15) is 9.59 Å². The first kappa shape index (κ1) is 15.7. The van der Waals surface area contributed by atoms with Crippen LogP contribution in [0.1, 0.15) is 32.8 Å². The number of aryl methyl sites for hydroxylation is 2. The SMILES string of the molecule is CCOC(CCn1cc(CC)c(=O)[nH]c1=O)OCC. The topological polar surface area (TPSA) is 73.3 Å². The van der Waals surface area contributed by atoms with Crippen molar-refractivity contribution in [2.75, 3.05) is 13.2 Å². The smallest absolute Gasteiger partial charge is 0.328 e. The van der Waals surface area contributed by atoms with E-state index in [0.717, 1.165) is 0 Å². The van der Waals surface area contributed by atoms with Gasteiger partial charge in [0.15, 0.2) is 6.29 Å². The fraction of sp³-hybridized carbons (Fsp3) is 0.692. The normalized spacial score (nSPS) is 11.2. The van der Waals surface area contributed by atoms with Gasteiger partial charge in [0.2, 0.25) is 0 Å². The van der Waals surface area contributed by atoms with Crippen molar-refractivity contribution in [2.24, 2.45) is 0 Å². The van der Waals surface area contributed by atoms with Gasteiger partial charge >= 0.3 is 5.69 Å². The van der Waals surface area contributed by atoms with Gasteiger partial charge in [-0.2, -0.15) is 0 Å². The molecule has 0 amide bonds. The monoisotopic (exact) mass is 270 g/mol. The molecular formula is C13H22N2O4. The van der Waals surface area contributed by atoms with E-state index in [1.54, 1.807) is 6.20 Å². The Morgan fingerprint density at radius 3 is 2.37 bits per heavy atom. The number of H-pyrrole nitrogens is 1. The minimum absolute atomic E-state index is 0.310. The lowest BCUT2D eigenvalue weighted by atomic mass is 10.2. The molecule has 0 aliphatic heterocycles. The summed E-state index contributed by atoms with van der Waals surface area (Å²) in [6.07, 6.45) is 2.45. The summed E-state index contributed by atoms with van der Waals surface area (Å²) in [6, 6.07) is 0. The van der Waals surface area contributed by atoms with Crippen LogP contribution < -0.4 is 11.2 Å². The molecule has 0 spiro atoms. The quantitative estimate of drug-likeness (QED) is 0.712. The van der Waals surface area contributed by atoms with Crippen molar-refractivity contribution in [3.05, 3.63) is 32.6 Å². The molecule has 0 aromatic carbocycles. The zero-order chi connectivity index (χ0) is 14.3. The number of nitrogens with zero attached hydrogens (tertiary/aromatic N) is 1. The van der Waals surface area contributed by atoms with E-state index in [1.165, 1.54) is 4.57 Å². The van der Waals surface area contributed by atoms with Crippen LogP contribution in [0.15, 0.2) is 15.8 Å². The van der Waals surface area contributed by atoms with Gasteiger partial charge < -0.3 is 14.0 Å². The molecule has 0 atom stereocenters. The highest BCUT2D eigenvalue weighted by molar-refractivity contribution is 5.03. The minimum atomic E-state index is -0.394. The predicted molar refractivity (Wildman–Crippen MR) is 72.4 cm³/mol. The summed E-state index contributed by atoms with van der Waals surface area (Å²) in [6.45, 7) is 7.24. The Kier molecular flexibility index (Phi) is 6.52. The Balaban J connectivity index is 2.76. The summed E-state index contributed by atoms with van der Waals surface area (Å²) in [5, 5.41) is 0. The van der Waals surface area contributed by atoms with Crippen molar-refractivity contribution in [1.29, 1.82) is 0 Å². The third-order valence-corrected chi connectivity index (χ3v) is 2.78. The first-order valence-corrected chi connectivity index (χ1v) is 6.68. The third kappa shape index (κ3) is 4.65. The summed E-state index contributed by atoms with van der Waals surface area (Å²) >= 11 is 0. The Labute approximate surface area is 112 Å². The second kappa shape index (κ2) is 7.91. The molecule has 0 saturated heterocycles. The lowest BCUT2D eigenvalue weighted by molar-refractivity contribution is -0.141. The third-order valence-electron chi connectivity index (χ3n) is 2.78. The summed E-state index contributed by atoms with van der Waals surface area (Å²) < 4.78 is 12.3. The van der Waals surface area contributed by atoms with Gasteiger partial charge in [0.25, 0.3) is 5.56 Å². The molecule has 0 bridgehead atoms. The van der Waals surface area contributed by atoms with Crippen LogP contribution >= 0.6 is 0 Å². The van der Waals surface area contributed by atoms with E-state index in [-0.39, 0.29) is 11.8 Å². The molecular weight excluding hydrogens is 248 g/mol. The van der Waals surface area contributed by atoms with Crippen LogP contribution in [-0.4, -0.2) is 29.1 Å². The number of hydrogen-bond donors (Lipinski definition) is 1. The number of ether oxygens (including phenoxy) is 2. The number of aromatic nitrogens is 2. The van der Waals surface area contributed by atoms with E-state index < -0.39 is 5.69 Å². The van der Waals surface area contributed by atoms with Crippen LogP contribution in [0.5, 0.6) is 0 Å². The zero-order valence-electron chi connectivity index (χ0n) is 11.8. The van der Waals surface area contributed by atoms with Gasteiger partial charge in [0, 0.05) is 37.9 Å². The number of hydrogen-bond acceptors (Lipinski definition) is 4. The Morgan fingerprint density at radius 1 is 1.21 bits per heavy atom. The number of rotatable bonds is 8. The van der Waals surface area contributed by atoms with Crippen LogP contribution in [0.2, 0.25) is 0 Å². The number of aromatic amines is 1. The van der Waals surface area contributed by atoms with E-state index in [4.69, 9.17) is 9.47 Å². The maximum atomic E-state index is 11.7. The first-order valence-electron chi connectivity index (χ1n) is 6.68. The largest absolute Gasteiger partial charge is 0.353 e. The Morgan fingerprint density at radius 2 is 1.84 bits per heavy atom. The summed E-state index contributed by atoms with van der Waals surface area (Å²) in [5.74, 6) is 0. The van der Waals surface area contributed by atoms with Gasteiger partial charge in [-0.1, -0.05) is 6.92 Å². The summed E-state index contributed by atoms with van der Waals surface area (Å²) in [4.78, 5) is 25.4. The highest BCUT2D eigenvalue weighted by Gasteiger charge is 2.09. The molecule has 0 aliphatic rings. The second-order valence-electron chi connectivity index (χ2n) is 4.09. The molecule has 6 nitrogen and oxygen atoms in total. The molecule has 0 aliphatic carbocycles. The van der Waals surface area contributed by atoms with Crippen LogP contribution in [0.25, 0.3) is 0 Å². The summed E-state index contributed by atoms with van der Waals surface area (Å²) in [5.41, 5.74) is -0.104. The number of nitrogens with one attached hydrogen (secondary N) is 1. The minimum Gasteiger partial charge on any atom is -0.353 e. The fourth-order valence-electron chi connectivity index (χ4n) is 1.80. The second-order valence-corrected chi connectivity index (χ2v) is 4.09. The van der Waals surface area contributed by atoms with Crippen LogP contribution in [0.3, 0.4) is 0 Å². The van der Waals surface area contributed by atoms with Crippen molar-refractivity contribution < 1.29 is 9.47 Å². The molecule has 19 heavy (non-hydrogen) atoms. The average molecular weight is 270 g/mol. The molecule has 0 unspecified atom stereocenters. The van der Waals surface area contributed by atoms with Crippen molar-refractivity contribution in [2.45, 2.75) is 46.4 Å². The molecule has 108 valence electrons. The van der Waals surface area contributed by atoms with E-state index in [2.05, 4.69) is 4.98 Å². The molecule has 1 rings (SSSR count). The van der Waals surface area contributed by atoms with Crippen molar-refractivity contribution in [3.63, 3.8) is 0 Å². The predicted octanol–water partition coefficient (Wildman–Crippen LogP) is 0.888. The fourth-order valence-corrected chi connectivity index (χ4v) is 1.80. The standard InChI is InChI=1S/C13H22N2O4/c1-4-10-9-15(13(17)14-12(10)16)8-7-11(18-5-2)19-6-3/h9,11H,4-8H2,1-3H3,(H,14,16,17). The van der Waals surface area contributed by atoms with Crippen molar-refractivity contribution >= 4 is 0 Å². The van der Waals surface area contributed by atoms with E-state index in [0.29, 0.717) is 38.2 Å². The van der Waals surface area contributed by atoms with Gasteiger partial charge in [-0.3, -0.25) is 9.78 Å². The van der Waals surface area contributed by atoms with Gasteiger partial charge in [-0.05, 0) is 20.3 Å². The highest BCUT2D eigenvalue weighted by atomic mass is 16.7. The zero-order valence-corrected chi connectivity index (χ0v) is 11.8. The Hall–Kier alpha value is -1.40. The summed E-state index contributed by atoms with van der Waals surface area (Å²) in [7, 11) is 0. The molecule has 0 fully saturated rings. The molecule has 1 N–H and O–H groups in total. The highest BCUT2D eigenvalue weighted by Crippen LogP contribution is 2.03. The van der Waals surface area contributed by atoms with E-state index >= 15 is 0 Å². The van der Waals surface area contributed by atoms with Gasteiger partial charge in [-0.15, -0.1) is 0 Å². The lowest BCUT2D eigenvalue weighted by Gasteiger charge is -2.17. The van der Waals surface area contributed by atoms with Crippen LogP contribution in [0, 0.1) is 0 Å². The maximum absolute atomic E-state index is 11.7. The van der Waals surface area contributed by atoms with Gasteiger partial charge in [0.1, 0.15) is 0 Å². The van der Waals surface area contributed by atoms with Gasteiger partial charge in [-0.25, -0.2) is 4.79 Å². The van der Waals surface area contributed by atoms with Crippen LogP contribution in [0.4, 0.5) is 0 Å². The average Bonchev–Trinajstić information content (AvgIpc) is 2.38. The molecule has 6 heteroatoms. The molecule has 1 aromatic rings. The molecule has 0 saturated carbocycles. The molecule has 0 radical (unpaired) electrons. The van der Waals surface area contributed by atoms with Gasteiger partial charge in [0.05, 0.1) is 0 Å². The van der Waals surface area contributed by atoms with Crippen molar-refractivity contribution in [3.8, 4) is 0 Å². The first-order chi connectivity index (χ1) is 9.12.